The Labute approximate surface area is 163 Å². The van der Waals surface area contributed by atoms with Crippen LogP contribution in [0.15, 0.2) is 24.3 Å². The van der Waals surface area contributed by atoms with Gasteiger partial charge in [0.15, 0.2) is 0 Å². The molecule has 6 heteroatoms. The SMILES string of the molecule is COC(=O)CC1COc2c(C)c(OCc3ccc(Cl)cc3Cl)cc(C)c21. The number of halogens is 2. The molecule has 1 unspecified atom stereocenters. The number of ether oxygens (including phenoxy) is 3. The van der Waals surface area contributed by atoms with Gasteiger partial charge in [-0.05, 0) is 37.6 Å². The molecule has 0 spiro atoms. The van der Waals surface area contributed by atoms with Crippen LogP contribution in [0.5, 0.6) is 11.5 Å². The van der Waals surface area contributed by atoms with Gasteiger partial charge in [-0.15, -0.1) is 0 Å². The standard InChI is InChI=1S/C20H20Cl2O4/c1-11-6-17(25-9-13-4-5-15(21)8-16(13)22)12(2)20-19(11)14(10-26-20)7-18(23)24-3/h4-6,8,14H,7,9-10H2,1-3H3. The number of carbonyl (C=O) groups excluding carboxylic acids is 1. The van der Waals surface area contributed by atoms with Gasteiger partial charge < -0.3 is 14.2 Å². The molecule has 0 fully saturated rings. The van der Waals surface area contributed by atoms with Gasteiger partial charge in [0.05, 0.1) is 20.1 Å². The first-order chi connectivity index (χ1) is 12.4. The predicted molar refractivity (Wildman–Crippen MR) is 102 cm³/mol. The Morgan fingerprint density at radius 2 is 2.04 bits per heavy atom. The molecule has 1 aliphatic rings. The Balaban J connectivity index is 1.82. The molecule has 0 saturated carbocycles. The largest absolute Gasteiger partial charge is 0.492 e. The summed E-state index contributed by atoms with van der Waals surface area (Å²) in [5, 5.41) is 1.16. The van der Waals surface area contributed by atoms with E-state index in [4.69, 9.17) is 37.4 Å². The average Bonchev–Trinajstić information content (AvgIpc) is 3.02. The molecule has 26 heavy (non-hydrogen) atoms. The minimum absolute atomic E-state index is 0.0101. The van der Waals surface area contributed by atoms with Crippen LogP contribution in [0.25, 0.3) is 0 Å². The third-order valence-electron chi connectivity index (χ3n) is 4.60. The second-order valence-corrected chi connectivity index (χ2v) is 7.22. The number of fused-ring (bicyclic) bond motifs is 1. The summed E-state index contributed by atoms with van der Waals surface area (Å²) >= 11 is 12.1. The third-order valence-corrected chi connectivity index (χ3v) is 5.19. The summed E-state index contributed by atoms with van der Waals surface area (Å²) in [6.45, 7) is 4.76. The zero-order valence-corrected chi connectivity index (χ0v) is 16.4. The zero-order valence-electron chi connectivity index (χ0n) is 14.9. The van der Waals surface area contributed by atoms with Gasteiger partial charge in [-0.2, -0.15) is 0 Å². The van der Waals surface area contributed by atoms with E-state index in [2.05, 4.69) is 0 Å². The van der Waals surface area contributed by atoms with Crippen molar-refractivity contribution in [2.24, 2.45) is 0 Å². The number of esters is 1. The first-order valence-corrected chi connectivity index (χ1v) is 9.06. The summed E-state index contributed by atoms with van der Waals surface area (Å²) < 4.78 is 16.6. The molecule has 2 aromatic rings. The Bertz CT molecular complexity index is 848. The van der Waals surface area contributed by atoms with Crippen LogP contribution in [0, 0.1) is 13.8 Å². The third kappa shape index (κ3) is 3.76. The van der Waals surface area contributed by atoms with Crippen molar-refractivity contribution in [3.8, 4) is 11.5 Å². The molecule has 0 bridgehead atoms. The van der Waals surface area contributed by atoms with Crippen LogP contribution in [0.3, 0.4) is 0 Å². The lowest BCUT2D eigenvalue weighted by atomic mass is 9.92. The van der Waals surface area contributed by atoms with Crippen molar-refractivity contribution in [3.63, 3.8) is 0 Å². The monoisotopic (exact) mass is 394 g/mol. The van der Waals surface area contributed by atoms with E-state index in [1.165, 1.54) is 7.11 Å². The Morgan fingerprint density at radius 3 is 2.73 bits per heavy atom. The number of hydrogen-bond acceptors (Lipinski definition) is 4. The fraction of sp³-hybridized carbons (Fsp3) is 0.350. The summed E-state index contributed by atoms with van der Waals surface area (Å²) in [6.07, 6.45) is 0.310. The Kier molecular flexibility index (Phi) is 5.64. The van der Waals surface area contributed by atoms with Crippen molar-refractivity contribution in [2.75, 3.05) is 13.7 Å². The Hall–Kier alpha value is -1.91. The first-order valence-electron chi connectivity index (χ1n) is 8.31. The van der Waals surface area contributed by atoms with Gasteiger partial charge in [-0.3, -0.25) is 4.79 Å². The smallest absolute Gasteiger partial charge is 0.306 e. The molecule has 0 aliphatic carbocycles. The summed E-state index contributed by atoms with van der Waals surface area (Å²) in [7, 11) is 1.40. The van der Waals surface area contributed by atoms with Gasteiger partial charge in [-0.25, -0.2) is 0 Å². The van der Waals surface area contributed by atoms with E-state index in [-0.39, 0.29) is 11.9 Å². The number of carbonyl (C=O) groups is 1. The van der Waals surface area contributed by atoms with E-state index < -0.39 is 0 Å². The van der Waals surface area contributed by atoms with Crippen molar-refractivity contribution in [3.05, 3.63) is 56.6 Å². The van der Waals surface area contributed by atoms with E-state index >= 15 is 0 Å². The van der Waals surface area contributed by atoms with Crippen molar-refractivity contribution in [2.45, 2.75) is 32.8 Å². The molecule has 0 radical (unpaired) electrons. The number of rotatable bonds is 5. The molecule has 0 aromatic heterocycles. The minimum Gasteiger partial charge on any atom is -0.492 e. The van der Waals surface area contributed by atoms with Crippen molar-refractivity contribution in [1.29, 1.82) is 0 Å². The molecule has 0 saturated heterocycles. The predicted octanol–water partition coefficient (Wildman–Crippen LogP) is 5.23. The van der Waals surface area contributed by atoms with Gasteiger partial charge in [0, 0.05) is 32.7 Å². The van der Waals surface area contributed by atoms with Crippen molar-refractivity contribution in [1.82, 2.24) is 0 Å². The van der Waals surface area contributed by atoms with E-state index in [1.807, 2.05) is 26.0 Å². The fourth-order valence-electron chi connectivity index (χ4n) is 3.23. The lowest BCUT2D eigenvalue weighted by molar-refractivity contribution is -0.141. The lowest BCUT2D eigenvalue weighted by Crippen LogP contribution is -2.10. The van der Waals surface area contributed by atoms with Gasteiger partial charge in [-0.1, -0.05) is 29.3 Å². The number of methoxy groups -OCH3 is 1. The van der Waals surface area contributed by atoms with Crippen LogP contribution < -0.4 is 9.47 Å². The Morgan fingerprint density at radius 1 is 1.27 bits per heavy atom. The molecule has 3 rings (SSSR count). The summed E-state index contributed by atoms with van der Waals surface area (Å²) in [4.78, 5) is 11.6. The van der Waals surface area contributed by atoms with Crippen molar-refractivity contribution >= 4 is 29.2 Å². The van der Waals surface area contributed by atoms with Crippen LogP contribution in [0.4, 0.5) is 0 Å². The molecule has 0 N–H and O–H groups in total. The minimum atomic E-state index is -0.235. The maximum absolute atomic E-state index is 11.6. The van der Waals surface area contributed by atoms with Gasteiger partial charge in [0.25, 0.3) is 0 Å². The maximum atomic E-state index is 11.6. The maximum Gasteiger partial charge on any atom is 0.306 e. The van der Waals surface area contributed by atoms with Crippen LogP contribution in [-0.4, -0.2) is 19.7 Å². The molecule has 1 aliphatic heterocycles. The molecule has 1 atom stereocenters. The van der Waals surface area contributed by atoms with E-state index in [1.54, 1.807) is 12.1 Å². The molecule has 0 amide bonds. The summed E-state index contributed by atoms with van der Waals surface area (Å²) in [5.74, 6) is 1.32. The highest BCUT2D eigenvalue weighted by Crippen LogP contribution is 2.44. The number of aryl methyl sites for hydroxylation is 1. The summed E-state index contributed by atoms with van der Waals surface area (Å²) in [6, 6.07) is 7.32. The summed E-state index contributed by atoms with van der Waals surface area (Å²) in [5.41, 5.74) is 3.88. The van der Waals surface area contributed by atoms with Crippen LogP contribution in [-0.2, 0) is 16.1 Å². The van der Waals surface area contributed by atoms with Crippen LogP contribution >= 0.6 is 23.2 Å². The van der Waals surface area contributed by atoms with Gasteiger partial charge in [0.2, 0.25) is 0 Å². The van der Waals surface area contributed by atoms with Gasteiger partial charge >= 0.3 is 5.97 Å². The topological polar surface area (TPSA) is 44.8 Å². The van der Waals surface area contributed by atoms with E-state index in [9.17, 15) is 4.79 Å². The molecule has 4 nitrogen and oxygen atoms in total. The fourth-order valence-corrected chi connectivity index (χ4v) is 3.69. The average molecular weight is 395 g/mol. The highest BCUT2D eigenvalue weighted by Gasteiger charge is 2.31. The van der Waals surface area contributed by atoms with E-state index in [0.717, 1.165) is 33.8 Å². The molecular formula is C20H20Cl2O4. The highest BCUT2D eigenvalue weighted by molar-refractivity contribution is 6.35. The molecule has 1 heterocycles. The second kappa shape index (κ2) is 7.77. The second-order valence-electron chi connectivity index (χ2n) is 6.37. The quantitative estimate of drug-likeness (QED) is 0.651. The lowest BCUT2D eigenvalue weighted by Gasteiger charge is -2.16. The van der Waals surface area contributed by atoms with Gasteiger partial charge in [0.1, 0.15) is 18.1 Å². The zero-order chi connectivity index (χ0) is 18.8. The van der Waals surface area contributed by atoms with E-state index in [0.29, 0.717) is 29.7 Å². The van der Waals surface area contributed by atoms with Crippen molar-refractivity contribution < 1.29 is 19.0 Å². The molecule has 2 aromatic carbocycles. The van der Waals surface area contributed by atoms with Crippen LogP contribution in [0.2, 0.25) is 10.0 Å². The number of benzene rings is 2. The van der Waals surface area contributed by atoms with Crippen LogP contribution in [0.1, 0.15) is 34.6 Å². The first kappa shape index (κ1) is 18.9. The highest BCUT2D eigenvalue weighted by atomic mass is 35.5. The number of hydrogen-bond donors (Lipinski definition) is 0. The normalized spacial score (nSPS) is 15.3. The molecule has 138 valence electrons. The molecular weight excluding hydrogens is 375 g/mol.